The van der Waals surface area contributed by atoms with Gasteiger partial charge in [0.2, 0.25) is 5.69 Å². The molecule has 26 heavy (non-hydrogen) atoms. The minimum Gasteiger partial charge on any atom is -0.484 e. The van der Waals surface area contributed by atoms with Crippen molar-refractivity contribution in [1.82, 2.24) is 10.00 Å². The van der Waals surface area contributed by atoms with E-state index in [4.69, 9.17) is 4.74 Å². The first kappa shape index (κ1) is 16.4. The van der Waals surface area contributed by atoms with Crippen LogP contribution in [0.2, 0.25) is 0 Å². The van der Waals surface area contributed by atoms with Gasteiger partial charge in [-0.15, -0.1) is 4.68 Å². The zero-order valence-corrected chi connectivity index (χ0v) is 14.8. The molecule has 0 unspecified atom stereocenters. The van der Waals surface area contributed by atoms with E-state index >= 15 is 0 Å². The average Bonchev–Trinajstić information content (AvgIpc) is 3.02. The lowest BCUT2D eigenvalue weighted by molar-refractivity contribution is -0.717. The molecule has 2 heterocycles. The van der Waals surface area contributed by atoms with Gasteiger partial charge in [0, 0.05) is 18.5 Å². The molecule has 1 amide bonds. The number of H-pyrrole nitrogens is 1. The fourth-order valence-corrected chi connectivity index (χ4v) is 3.49. The molecule has 3 aromatic rings. The molecule has 0 spiro atoms. The van der Waals surface area contributed by atoms with E-state index in [2.05, 4.69) is 21.9 Å². The van der Waals surface area contributed by atoms with E-state index < -0.39 is 0 Å². The minimum atomic E-state index is 0.0161. The van der Waals surface area contributed by atoms with E-state index in [1.54, 1.807) is 0 Å². The summed E-state index contributed by atoms with van der Waals surface area (Å²) in [4.78, 5) is 14.5. The summed E-state index contributed by atoms with van der Waals surface area (Å²) in [5.74, 6) is 0.735. The molecule has 132 valence electrons. The summed E-state index contributed by atoms with van der Waals surface area (Å²) in [5, 5.41) is 3.43. The molecule has 1 N–H and O–H groups in total. The summed E-state index contributed by atoms with van der Waals surface area (Å²) in [6.45, 7) is 1.38. The second kappa shape index (κ2) is 7.04. The van der Waals surface area contributed by atoms with Crippen LogP contribution in [0.25, 0.3) is 11.3 Å². The number of carbonyl (C=O) groups is 1. The molecule has 0 fully saturated rings. The average molecular weight is 348 g/mol. The predicted octanol–water partition coefficient (Wildman–Crippen LogP) is 2.47. The van der Waals surface area contributed by atoms with E-state index in [1.807, 2.05) is 60.5 Å². The Hall–Kier alpha value is -3.08. The van der Waals surface area contributed by atoms with Crippen molar-refractivity contribution >= 4 is 5.91 Å². The topological polar surface area (TPSA) is 49.2 Å². The summed E-state index contributed by atoms with van der Waals surface area (Å²) >= 11 is 0. The van der Waals surface area contributed by atoms with E-state index in [1.165, 1.54) is 11.3 Å². The normalized spacial score (nSPS) is 13.3. The van der Waals surface area contributed by atoms with Crippen LogP contribution in [-0.4, -0.2) is 29.1 Å². The van der Waals surface area contributed by atoms with Gasteiger partial charge in [0.05, 0.1) is 17.8 Å². The first-order valence-electron chi connectivity index (χ1n) is 8.83. The molecule has 0 saturated carbocycles. The lowest BCUT2D eigenvalue weighted by Gasteiger charge is -2.26. The number of rotatable bonds is 4. The Bertz CT molecular complexity index is 904. The third-order valence-corrected chi connectivity index (χ3v) is 4.77. The smallest absolute Gasteiger partial charge is 0.260 e. The monoisotopic (exact) mass is 348 g/mol. The van der Waals surface area contributed by atoms with Crippen LogP contribution in [0.5, 0.6) is 5.75 Å². The van der Waals surface area contributed by atoms with Gasteiger partial charge in [-0.25, -0.2) is 0 Å². The van der Waals surface area contributed by atoms with Crippen LogP contribution in [0.3, 0.4) is 0 Å². The summed E-state index contributed by atoms with van der Waals surface area (Å²) in [6, 6.07) is 19.7. The molecule has 0 bridgehead atoms. The predicted molar refractivity (Wildman–Crippen MR) is 98.5 cm³/mol. The summed E-state index contributed by atoms with van der Waals surface area (Å²) in [5.41, 5.74) is 4.70. The molecule has 0 saturated heterocycles. The Labute approximate surface area is 152 Å². The number of hydrogen-bond acceptors (Lipinski definition) is 2. The van der Waals surface area contributed by atoms with Gasteiger partial charge in [-0.1, -0.05) is 36.4 Å². The third-order valence-electron chi connectivity index (χ3n) is 4.77. The maximum absolute atomic E-state index is 12.6. The van der Waals surface area contributed by atoms with Crippen molar-refractivity contribution in [2.75, 3.05) is 13.2 Å². The fraction of sp³-hybridized carbons (Fsp3) is 0.238. The summed E-state index contributed by atoms with van der Waals surface area (Å²) in [7, 11) is 2.02. The zero-order chi connectivity index (χ0) is 17.9. The number of para-hydroxylation sites is 1. The van der Waals surface area contributed by atoms with Crippen molar-refractivity contribution in [3.05, 3.63) is 71.9 Å². The molecule has 5 nitrogen and oxygen atoms in total. The molecule has 0 radical (unpaired) electrons. The van der Waals surface area contributed by atoms with Crippen LogP contribution in [0.1, 0.15) is 11.3 Å². The number of aromatic nitrogens is 2. The highest BCUT2D eigenvalue weighted by molar-refractivity contribution is 5.78. The number of benzene rings is 2. The Morgan fingerprint density at radius 1 is 1.12 bits per heavy atom. The van der Waals surface area contributed by atoms with Gasteiger partial charge in [-0.3, -0.25) is 4.79 Å². The molecule has 5 heteroatoms. The van der Waals surface area contributed by atoms with E-state index in [9.17, 15) is 4.79 Å². The fourth-order valence-electron chi connectivity index (χ4n) is 3.49. The number of aromatic amines is 1. The molecule has 1 aliphatic rings. The van der Waals surface area contributed by atoms with E-state index in [0.717, 1.165) is 23.4 Å². The van der Waals surface area contributed by atoms with E-state index in [-0.39, 0.29) is 12.5 Å². The van der Waals surface area contributed by atoms with E-state index in [0.29, 0.717) is 13.1 Å². The van der Waals surface area contributed by atoms with Gasteiger partial charge in [0.1, 0.15) is 5.75 Å². The van der Waals surface area contributed by atoms with Crippen LogP contribution >= 0.6 is 0 Å². The number of nitrogens with one attached hydrogen (secondary N) is 1. The first-order valence-corrected chi connectivity index (χ1v) is 8.83. The van der Waals surface area contributed by atoms with Gasteiger partial charge in [-0.05, 0) is 24.3 Å². The van der Waals surface area contributed by atoms with Crippen LogP contribution in [-0.2, 0) is 24.8 Å². The second-order valence-electron chi connectivity index (χ2n) is 6.51. The van der Waals surface area contributed by atoms with Crippen LogP contribution in [0.15, 0.2) is 60.7 Å². The molecular formula is C21H22N3O2+. The molecule has 0 aliphatic carbocycles. The van der Waals surface area contributed by atoms with Crippen LogP contribution in [0, 0.1) is 0 Å². The number of amides is 1. The first-order chi connectivity index (χ1) is 12.7. The van der Waals surface area contributed by atoms with Crippen LogP contribution in [0.4, 0.5) is 0 Å². The van der Waals surface area contributed by atoms with Gasteiger partial charge in [0.15, 0.2) is 13.7 Å². The molecular weight excluding hydrogens is 326 g/mol. The Morgan fingerprint density at radius 3 is 2.54 bits per heavy atom. The van der Waals surface area contributed by atoms with Crippen molar-refractivity contribution in [3.63, 3.8) is 0 Å². The quantitative estimate of drug-likeness (QED) is 0.737. The maximum Gasteiger partial charge on any atom is 0.260 e. The van der Waals surface area contributed by atoms with Gasteiger partial charge in [-0.2, -0.15) is 5.10 Å². The molecule has 1 aliphatic heterocycles. The third kappa shape index (κ3) is 3.20. The summed E-state index contributed by atoms with van der Waals surface area (Å²) < 4.78 is 7.67. The highest BCUT2D eigenvalue weighted by atomic mass is 16.5. The number of carbonyl (C=O) groups excluding carboxylic acids is 1. The standard InChI is InChI=1S/C21H21N3O2/c1-23-21(16-8-4-2-5-9-16)18-14-24(13-12-19(18)22-23)20(25)15-26-17-10-6-3-7-11-17/h2-11H,12-15H2,1H3/p+1. The number of aryl methyl sites for hydroxylation is 1. The maximum atomic E-state index is 12.6. The van der Waals surface area contributed by atoms with Crippen molar-refractivity contribution < 1.29 is 14.2 Å². The molecule has 4 rings (SSSR count). The van der Waals surface area contributed by atoms with Gasteiger partial charge < -0.3 is 9.64 Å². The molecule has 1 aromatic heterocycles. The highest BCUT2D eigenvalue weighted by Gasteiger charge is 2.31. The second-order valence-corrected chi connectivity index (χ2v) is 6.51. The lowest BCUT2D eigenvalue weighted by Crippen LogP contribution is -2.38. The molecule has 2 aromatic carbocycles. The van der Waals surface area contributed by atoms with Crippen molar-refractivity contribution in [1.29, 1.82) is 0 Å². The number of nitrogens with zero attached hydrogens (tertiary/aromatic N) is 2. The van der Waals surface area contributed by atoms with Crippen LogP contribution < -0.4 is 9.42 Å². The SMILES string of the molecule is C[n+]1[nH]c2c(c1-c1ccccc1)CN(C(=O)COc1ccccc1)CC2. The highest BCUT2D eigenvalue weighted by Crippen LogP contribution is 2.27. The zero-order valence-electron chi connectivity index (χ0n) is 14.8. The number of hydrogen-bond donors (Lipinski definition) is 1. The van der Waals surface area contributed by atoms with Crippen molar-refractivity contribution in [2.24, 2.45) is 7.05 Å². The largest absolute Gasteiger partial charge is 0.484 e. The molecule has 0 atom stereocenters. The minimum absolute atomic E-state index is 0.0161. The summed E-state index contributed by atoms with van der Waals surface area (Å²) in [6.07, 6.45) is 0.826. The Morgan fingerprint density at radius 2 is 1.81 bits per heavy atom. The number of ether oxygens (including phenoxy) is 1. The Balaban J connectivity index is 1.51. The van der Waals surface area contributed by atoms with Crippen molar-refractivity contribution in [3.8, 4) is 17.0 Å². The van der Waals surface area contributed by atoms with Crippen molar-refractivity contribution in [2.45, 2.75) is 13.0 Å². The number of fused-ring (bicyclic) bond motifs is 1. The van der Waals surface area contributed by atoms with Gasteiger partial charge >= 0.3 is 0 Å². The van der Waals surface area contributed by atoms with Gasteiger partial charge in [0.25, 0.3) is 5.91 Å². The Kier molecular flexibility index (Phi) is 4.44. The lowest BCUT2D eigenvalue weighted by atomic mass is 10.0.